The third kappa shape index (κ3) is 2.59. The second-order valence-corrected chi connectivity index (χ2v) is 6.25. The van der Waals surface area contributed by atoms with Crippen LogP contribution in [0.25, 0.3) is 0 Å². The van der Waals surface area contributed by atoms with Crippen LogP contribution in [0.2, 0.25) is 0 Å². The molecule has 0 bridgehead atoms. The third-order valence-electron chi connectivity index (χ3n) is 4.77. The molecule has 2 heteroatoms. The Bertz CT molecular complexity index is 456. The number of ketones is 1. The lowest BCUT2D eigenvalue weighted by Gasteiger charge is -2.43. The van der Waals surface area contributed by atoms with Gasteiger partial charge in [0.05, 0.1) is 5.54 Å². The number of carbonyl (C=O) groups excluding carboxylic acids is 1. The second kappa shape index (κ2) is 5.46. The molecule has 0 radical (unpaired) electrons. The Balaban J connectivity index is 2.35. The van der Waals surface area contributed by atoms with Crippen molar-refractivity contribution in [3.8, 4) is 0 Å². The Kier molecular flexibility index (Phi) is 4.10. The molecule has 0 aliphatic heterocycles. The van der Waals surface area contributed by atoms with Gasteiger partial charge in [-0.2, -0.15) is 0 Å². The number of likely N-dealkylation sites (N-methyl/N-ethyl adjacent to an activating group) is 1. The molecule has 1 aromatic rings. The van der Waals surface area contributed by atoms with Crippen LogP contribution in [0.5, 0.6) is 0 Å². The molecule has 1 aliphatic rings. The summed E-state index contributed by atoms with van der Waals surface area (Å²) in [4.78, 5) is 15.2. The summed E-state index contributed by atoms with van der Waals surface area (Å²) in [7, 11) is 4.10. The monoisotopic (exact) mass is 259 g/mol. The van der Waals surface area contributed by atoms with E-state index in [1.165, 1.54) is 0 Å². The summed E-state index contributed by atoms with van der Waals surface area (Å²) in [6.07, 6.45) is 4.26. The smallest absolute Gasteiger partial charge is 0.183 e. The van der Waals surface area contributed by atoms with E-state index < -0.39 is 0 Å². The van der Waals surface area contributed by atoms with Gasteiger partial charge in [0.1, 0.15) is 0 Å². The van der Waals surface area contributed by atoms with Crippen LogP contribution in [0, 0.1) is 12.8 Å². The largest absolute Gasteiger partial charge is 0.297 e. The van der Waals surface area contributed by atoms with Crippen molar-refractivity contribution in [3.63, 3.8) is 0 Å². The van der Waals surface area contributed by atoms with E-state index in [0.29, 0.717) is 5.78 Å². The fourth-order valence-electron chi connectivity index (χ4n) is 3.20. The Hall–Kier alpha value is -1.15. The van der Waals surface area contributed by atoms with Gasteiger partial charge in [-0.1, -0.05) is 31.2 Å². The van der Waals surface area contributed by atoms with Crippen LogP contribution in [-0.4, -0.2) is 30.3 Å². The van der Waals surface area contributed by atoms with E-state index in [0.717, 1.165) is 42.7 Å². The van der Waals surface area contributed by atoms with Crippen LogP contribution in [0.4, 0.5) is 0 Å². The number of aryl methyl sites for hydroxylation is 1. The van der Waals surface area contributed by atoms with Crippen LogP contribution in [-0.2, 0) is 0 Å². The number of hydrogen-bond donors (Lipinski definition) is 0. The number of carbonyl (C=O) groups is 1. The van der Waals surface area contributed by atoms with E-state index in [1.54, 1.807) is 0 Å². The first-order valence-electron chi connectivity index (χ1n) is 7.25. The first-order chi connectivity index (χ1) is 8.97. The first-order valence-corrected chi connectivity index (χ1v) is 7.25. The molecule has 1 fully saturated rings. The minimum Gasteiger partial charge on any atom is -0.297 e. The highest BCUT2D eigenvalue weighted by molar-refractivity contribution is 6.04. The Labute approximate surface area is 116 Å². The molecule has 1 aromatic carbocycles. The van der Waals surface area contributed by atoms with Gasteiger partial charge in [0.2, 0.25) is 0 Å². The molecule has 0 unspecified atom stereocenters. The van der Waals surface area contributed by atoms with Gasteiger partial charge in [-0.05, 0) is 58.2 Å². The summed E-state index contributed by atoms with van der Waals surface area (Å²) in [6, 6.07) is 7.97. The number of hydrogen-bond acceptors (Lipinski definition) is 2. The van der Waals surface area contributed by atoms with Crippen molar-refractivity contribution in [2.45, 2.75) is 45.1 Å². The molecule has 1 aliphatic carbocycles. The molecule has 0 saturated heterocycles. The summed E-state index contributed by atoms with van der Waals surface area (Å²) < 4.78 is 0. The predicted octanol–water partition coefficient (Wildman–Crippen LogP) is 3.69. The molecule has 0 spiro atoms. The van der Waals surface area contributed by atoms with Gasteiger partial charge in [-0.15, -0.1) is 0 Å². The molecule has 0 heterocycles. The maximum Gasteiger partial charge on any atom is 0.183 e. The fraction of sp³-hybridized carbons (Fsp3) is 0.588. The van der Waals surface area contributed by atoms with Gasteiger partial charge in [-0.3, -0.25) is 9.69 Å². The van der Waals surface area contributed by atoms with Crippen molar-refractivity contribution in [2.24, 2.45) is 5.92 Å². The predicted molar refractivity (Wildman–Crippen MR) is 79.6 cm³/mol. The van der Waals surface area contributed by atoms with Crippen molar-refractivity contribution in [2.75, 3.05) is 14.1 Å². The molecule has 1 saturated carbocycles. The molecule has 0 N–H and O–H groups in total. The summed E-state index contributed by atoms with van der Waals surface area (Å²) in [6.45, 7) is 4.32. The van der Waals surface area contributed by atoms with Crippen LogP contribution in [0.1, 0.15) is 48.5 Å². The quantitative estimate of drug-likeness (QED) is 0.772. The van der Waals surface area contributed by atoms with E-state index in [1.807, 2.05) is 45.3 Å². The topological polar surface area (TPSA) is 20.3 Å². The minimum atomic E-state index is -0.293. The standard InChI is InChI=1S/C17H25NO/c1-13-9-11-17(12-10-13,18(3)4)16(19)15-8-6-5-7-14(15)2/h5-8,13H,9-12H2,1-4H3. The molecule has 2 nitrogen and oxygen atoms in total. The molecule has 0 aromatic heterocycles. The number of nitrogens with zero attached hydrogens (tertiary/aromatic N) is 1. The summed E-state index contributed by atoms with van der Waals surface area (Å²) in [5, 5.41) is 0. The molecule has 2 rings (SSSR count). The van der Waals surface area contributed by atoms with Gasteiger partial charge in [0.25, 0.3) is 0 Å². The molecular weight excluding hydrogens is 234 g/mol. The lowest BCUT2D eigenvalue weighted by atomic mass is 9.72. The fourth-order valence-corrected chi connectivity index (χ4v) is 3.20. The van der Waals surface area contributed by atoms with Crippen molar-refractivity contribution < 1.29 is 4.79 Å². The summed E-state index contributed by atoms with van der Waals surface area (Å²) in [5.41, 5.74) is 1.69. The third-order valence-corrected chi connectivity index (χ3v) is 4.77. The van der Waals surface area contributed by atoms with Gasteiger partial charge < -0.3 is 0 Å². The zero-order valence-electron chi connectivity index (χ0n) is 12.6. The highest BCUT2D eigenvalue weighted by Crippen LogP contribution is 2.38. The van der Waals surface area contributed by atoms with Gasteiger partial charge in [0.15, 0.2) is 5.78 Å². The Morgan fingerprint density at radius 3 is 2.32 bits per heavy atom. The van der Waals surface area contributed by atoms with E-state index in [-0.39, 0.29) is 5.54 Å². The van der Waals surface area contributed by atoms with Crippen LogP contribution >= 0.6 is 0 Å². The Morgan fingerprint density at radius 2 is 1.79 bits per heavy atom. The molecule has 0 amide bonds. The van der Waals surface area contributed by atoms with E-state index in [2.05, 4.69) is 11.8 Å². The van der Waals surface area contributed by atoms with Crippen LogP contribution in [0.3, 0.4) is 0 Å². The lowest BCUT2D eigenvalue weighted by molar-refractivity contribution is 0.0512. The van der Waals surface area contributed by atoms with Gasteiger partial charge in [0, 0.05) is 5.56 Å². The molecular formula is C17H25NO. The average Bonchev–Trinajstić information content (AvgIpc) is 2.39. The van der Waals surface area contributed by atoms with Crippen LogP contribution in [0.15, 0.2) is 24.3 Å². The lowest BCUT2D eigenvalue weighted by Crippen LogP contribution is -2.53. The first kappa shape index (κ1) is 14.3. The maximum absolute atomic E-state index is 13.0. The minimum absolute atomic E-state index is 0.293. The van der Waals surface area contributed by atoms with Crippen molar-refractivity contribution in [1.29, 1.82) is 0 Å². The van der Waals surface area contributed by atoms with Crippen molar-refractivity contribution in [3.05, 3.63) is 35.4 Å². The Morgan fingerprint density at radius 1 is 1.21 bits per heavy atom. The van der Waals surface area contributed by atoms with Crippen molar-refractivity contribution >= 4 is 5.78 Å². The summed E-state index contributed by atoms with van der Waals surface area (Å²) >= 11 is 0. The zero-order valence-corrected chi connectivity index (χ0v) is 12.6. The highest BCUT2D eigenvalue weighted by Gasteiger charge is 2.43. The number of Topliss-reactive ketones (excluding diaryl/α,β-unsaturated/α-hetero) is 1. The molecule has 104 valence electrons. The SMILES string of the molecule is Cc1ccccc1C(=O)C1(N(C)C)CCC(C)CC1. The van der Waals surface area contributed by atoms with Gasteiger partial charge in [-0.25, -0.2) is 0 Å². The summed E-state index contributed by atoms with van der Waals surface area (Å²) in [5.74, 6) is 1.06. The van der Waals surface area contributed by atoms with Crippen LogP contribution < -0.4 is 0 Å². The normalized spacial score (nSPS) is 27.5. The van der Waals surface area contributed by atoms with E-state index in [9.17, 15) is 4.79 Å². The molecule has 0 atom stereocenters. The van der Waals surface area contributed by atoms with Gasteiger partial charge >= 0.3 is 0 Å². The maximum atomic E-state index is 13.0. The zero-order chi connectivity index (χ0) is 14.0. The molecule has 19 heavy (non-hydrogen) atoms. The van der Waals surface area contributed by atoms with E-state index >= 15 is 0 Å². The highest BCUT2D eigenvalue weighted by atomic mass is 16.1. The second-order valence-electron chi connectivity index (χ2n) is 6.25. The van der Waals surface area contributed by atoms with E-state index in [4.69, 9.17) is 0 Å². The number of rotatable bonds is 3. The van der Waals surface area contributed by atoms with Crippen molar-refractivity contribution in [1.82, 2.24) is 4.90 Å². The number of benzene rings is 1. The average molecular weight is 259 g/mol.